The number of carbonyl (C=O) groups is 1. The first-order chi connectivity index (χ1) is 10.7. The van der Waals surface area contributed by atoms with E-state index in [9.17, 15) is 9.90 Å². The van der Waals surface area contributed by atoms with Crippen LogP contribution in [0.2, 0.25) is 0 Å². The van der Waals surface area contributed by atoms with E-state index in [0.29, 0.717) is 5.75 Å². The first-order valence-electron chi connectivity index (χ1n) is 5.69. The van der Waals surface area contributed by atoms with Crippen molar-refractivity contribution in [2.75, 3.05) is 14.2 Å². The first-order valence-corrected chi connectivity index (χ1v) is 5.69. The van der Waals surface area contributed by atoms with Gasteiger partial charge in [-0.05, 0) is 12.1 Å². The summed E-state index contributed by atoms with van der Waals surface area (Å²) >= 11 is 0. The fraction of sp³-hybridized carbons (Fsp3) is 0.182. The number of carboxylic acids is 1. The number of hydrogen-bond donors (Lipinski definition) is 5. The fourth-order valence-corrected chi connectivity index (χ4v) is 1.43. The lowest BCUT2D eigenvalue weighted by Crippen LogP contribution is -2.21. The number of nitrogens with zero attached hydrogens (tertiary/aromatic N) is 3. The minimum absolute atomic E-state index is 0.0867. The minimum Gasteiger partial charge on any atom is -0.493 e. The summed E-state index contributed by atoms with van der Waals surface area (Å²) in [5.74, 6) is -1.00. The smallest absolute Gasteiger partial charge is 0.472 e. The van der Waals surface area contributed by atoms with Crippen LogP contribution in [0, 0.1) is 4.91 Å². The van der Waals surface area contributed by atoms with E-state index < -0.39 is 11.1 Å². The molecule has 1 rings (SSSR count). The summed E-state index contributed by atoms with van der Waals surface area (Å²) in [6, 6.07) is 3.07. The quantitative estimate of drug-likeness (QED) is 0.270. The molecular weight excluding hydrogens is 314 g/mol. The monoisotopic (exact) mass is 330 g/mol. The Balaban J connectivity index is 0.00000108. The molecule has 0 aliphatic carbocycles. The second-order valence-corrected chi connectivity index (χ2v) is 3.59. The lowest BCUT2D eigenvalue weighted by atomic mass is 10.1. The number of hydrogen-bond acceptors (Lipinski definition) is 6. The Kier molecular flexibility index (Phi) is 7.93. The Hall–Kier alpha value is -3.57. The number of guanidine groups is 1. The van der Waals surface area contributed by atoms with Crippen molar-refractivity contribution in [3.63, 3.8) is 0 Å². The van der Waals surface area contributed by atoms with Gasteiger partial charge in [0.15, 0.2) is 11.5 Å². The highest BCUT2D eigenvalue weighted by Crippen LogP contribution is 2.32. The molecule has 0 radical (unpaired) electrons. The molecule has 0 saturated heterocycles. The predicted octanol–water partition coefficient (Wildman–Crippen LogP) is -0.447. The third kappa shape index (κ3) is 6.61. The standard InChI is InChI=1S/C11H14N4O4.H2NO3/c1-18-7-4-3-6(5-14-15-11(12)13)8(10(16)17)9(7)19-2;2-1(3)4/h3-5H,1-2H3,(H,16,17)(H4,12,13,15);(H2,2,3,4)/q;+1/b14-5+;. The van der Waals surface area contributed by atoms with Gasteiger partial charge in [-0.1, -0.05) is 0 Å². The molecule has 0 fully saturated rings. The highest BCUT2D eigenvalue weighted by molar-refractivity contribution is 6.01. The molecule has 0 aliphatic heterocycles. The molecule has 23 heavy (non-hydrogen) atoms. The van der Waals surface area contributed by atoms with Gasteiger partial charge in [-0.15, -0.1) is 5.10 Å². The van der Waals surface area contributed by atoms with Crippen LogP contribution in [0.4, 0.5) is 0 Å². The van der Waals surface area contributed by atoms with Crippen molar-refractivity contribution in [2.24, 2.45) is 21.7 Å². The van der Waals surface area contributed by atoms with Crippen LogP contribution in [-0.4, -0.2) is 53.0 Å². The van der Waals surface area contributed by atoms with E-state index in [1.165, 1.54) is 26.5 Å². The van der Waals surface area contributed by atoms with Crippen LogP contribution < -0.4 is 20.9 Å². The highest BCUT2D eigenvalue weighted by atomic mass is 16.9. The van der Waals surface area contributed by atoms with Gasteiger partial charge >= 0.3 is 11.1 Å². The van der Waals surface area contributed by atoms with Crippen molar-refractivity contribution in [1.82, 2.24) is 0 Å². The number of carboxylic acid groups (broad SMARTS) is 1. The number of ether oxygens (including phenoxy) is 2. The van der Waals surface area contributed by atoms with E-state index >= 15 is 0 Å². The van der Waals surface area contributed by atoms with Crippen molar-refractivity contribution in [3.05, 3.63) is 28.2 Å². The third-order valence-corrected chi connectivity index (χ3v) is 2.16. The average Bonchev–Trinajstić information content (AvgIpc) is 2.45. The van der Waals surface area contributed by atoms with Crippen LogP contribution in [0.3, 0.4) is 0 Å². The maximum atomic E-state index is 11.3. The molecule has 0 aromatic heterocycles. The topological polar surface area (TPSA) is 193 Å². The number of rotatable bonds is 5. The van der Waals surface area contributed by atoms with Crippen LogP contribution in [0.1, 0.15) is 15.9 Å². The van der Waals surface area contributed by atoms with Crippen molar-refractivity contribution in [3.8, 4) is 11.5 Å². The van der Waals surface area contributed by atoms with Crippen molar-refractivity contribution in [1.29, 1.82) is 0 Å². The Morgan fingerprint density at radius 3 is 2.22 bits per heavy atom. The molecular formula is C11H16N5O7+. The van der Waals surface area contributed by atoms with Gasteiger partial charge in [-0.25, -0.2) is 15.2 Å². The molecule has 0 aliphatic rings. The number of nitrogens with two attached hydrogens (primary N) is 2. The Bertz CT molecular complexity index is 621. The van der Waals surface area contributed by atoms with Crippen LogP contribution in [0.25, 0.3) is 0 Å². The maximum absolute atomic E-state index is 11.3. The summed E-state index contributed by atoms with van der Waals surface area (Å²) in [6.45, 7) is 0. The molecule has 0 bridgehead atoms. The van der Waals surface area contributed by atoms with Crippen LogP contribution in [0.5, 0.6) is 11.5 Å². The van der Waals surface area contributed by atoms with Crippen molar-refractivity contribution in [2.45, 2.75) is 0 Å². The minimum atomic E-state index is -1.25. The van der Waals surface area contributed by atoms with E-state index in [-0.39, 0.29) is 22.8 Å². The Morgan fingerprint density at radius 1 is 1.26 bits per heavy atom. The van der Waals surface area contributed by atoms with Crippen LogP contribution in [0.15, 0.2) is 22.3 Å². The Labute approximate surface area is 129 Å². The fourth-order valence-electron chi connectivity index (χ4n) is 1.43. The number of methoxy groups -OCH3 is 2. The van der Waals surface area contributed by atoms with E-state index in [2.05, 4.69) is 10.2 Å². The average molecular weight is 330 g/mol. The molecule has 1 aromatic rings. The van der Waals surface area contributed by atoms with Gasteiger partial charge in [-0.2, -0.15) is 5.10 Å². The van der Waals surface area contributed by atoms with E-state index in [1.54, 1.807) is 6.07 Å². The second-order valence-electron chi connectivity index (χ2n) is 3.59. The summed E-state index contributed by atoms with van der Waals surface area (Å²) < 4.78 is 10.1. The van der Waals surface area contributed by atoms with Crippen LogP contribution >= 0.6 is 0 Å². The van der Waals surface area contributed by atoms with E-state index in [4.69, 9.17) is 36.3 Å². The molecule has 7 N–H and O–H groups in total. The van der Waals surface area contributed by atoms with Crippen LogP contribution in [-0.2, 0) is 0 Å². The van der Waals surface area contributed by atoms with Crippen molar-refractivity contribution >= 4 is 18.1 Å². The maximum Gasteiger partial charge on any atom is 0.472 e. The van der Waals surface area contributed by atoms with Crippen molar-refractivity contribution < 1.29 is 34.9 Å². The van der Waals surface area contributed by atoms with Gasteiger partial charge in [0, 0.05) is 5.56 Å². The number of aromatic carboxylic acids is 1. The van der Waals surface area contributed by atoms with E-state index in [1.807, 2.05) is 0 Å². The first kappa shape index (κ1) is 19.4. The normalized spacial score (nSPS) is 9.48. The molecule has 0 atom stereocenters. The lowest BCUT2D eigenvalue weighted by Gasteiger charge is -2.11. The zero-order chi connectivity index (χ0) is 18.0. The molecule has 0 heterocycles. The summed E-state index contributed by atoms with van der Waals surface area (Å²) in [5.41, 5.74) is 10.4. The summed E-state index contributed by atoms with van der Waals surface area (Å²) in [4.78, 5) is 19.8. The number of benzene rings is 1. The largest absolute Gasteiger partial charge is 0.493 e. The van der Waals surface area contributed by atoms with E-state index in [0.717, 1.165) is 0 Å². The predicted molar refractivity (Wildman–Crippen MR) is 77.1 cm³/mol. The molecule has 126 valence electrons. The Morgan fingerprint density at radius 2 is 1.83 bits per heavy atom. The van der Waals surface area contributed by atoms with Gasteiger partial charge in [0.1, 0.15) is 10.5 Å². The zero-order valence-corrected chi connectivity index (χ0v) is 12.2. The van der Waals surface area contributed by atoms with Gasteiger partial charge < -0.3 is 26.0 Å². The van der Waals surface area contributed by atoms with Gasteiger partial charge in [0.2, 0.25) is 5.96 Å². The summed E-state index contributed by atoms with van der Waals surface area (Å²) in [6.07, 6.45) is 1.21. The SMILES string of the molecule is COc1ccc(/C=N/N=C(N)N)c(C(=O)O)c1OC.O=[N+](O)O. The summed E-state index contributed by atoms with van der Waals surface area (Å²) in [7, 11) is 2.76. The molecule has 0 saturated carbocycles. The highest BCUT2D eigenvalue weighted by Gasteiger charge is 2.19. The molecule has 0 unspecified atom stereocenters. The zero-order valence-electron chi connectivity index (χ0n) is 12.2. The lowest BCUT2D eigenvalue weighted by molar-refractivity contribution is -0.969. The van der Waals surface area contributed by atoms with Gasteiger partial charge in [0.25, 0.3) is 0 Å². The molecule has 12 nitrogen and oxygen atoms in total. The molecule has 0 amide bonds. The van der Waals surface area contributed by atoms with Gasteiger partial charge in [0.05, 0.1) is 20.4 Å². The van der Waals surface area contributed by atoms with Gasteiger partial charge in [-0.3, -0.25) is 0 Å². The third-order valence-electron chi connectivity index (χ3n) is 2.16. The molecule has 12 heteroatoms. The second kappa shape index (κ2) is 9.38. The molecule has 0 spiro atoms. The summed E-state index contributed by atoms with van der Waals surface area (Å²) in [5, 5.41) is 28.7. The molecule has 1 aromatic carbocycles.